The number of hydrogen-bond donors (Lipinski definition) is 1. The summed E-state index contributed by atoms with van der Waals surface area (Å²) in [5.74, 6) is 0.0191. The normalized spacial score (nSPS) is 10.2. The molecule has 0 aliphatic carbocycles. The van der Waals surface area contributed by atoms with Crippen molar-refractivity contribution in [2.75, 3.05) is 6.54 Å². The Morgan fingerprint density at radius 1 is 1.29 bits per heavy atom. The molecule has 2 rings (SSSR count). The number of aryl methyl sites for hydroxylation is 1. The minimum absolute atomic E-state index is 0.0191. The molecule has 108 valence electrons. The van der Waals surface area contributed by atoms with Gasteiger partial charge in [0, 0.05) is 23.5 Å². The molecule has 0 saturated heterocycles. The van der Waals surface area contributed by atoms with Crippen LogP contribution in [0.25, 0.3) is 11.1 Å². The van der Waals surface area contributed by atoms with E-state index in [0.717, 1.165) is 22.5 Å². The summed E-state index contributed by atoms with van der Waals surface area (Å²) in [6, 6.07) is 11.7. The number of rotatable bonds is 4. The third kappa shape index (κ3) is 3.14. The minimum Gasteiger partial charge on any atom is -0.355 e. The predicted molar refractivity (Wildman–Crippen MR) is 82.7 cm³/mol. The molecule has 0 spiro atoms. The first-order chi connectivity index (χ1) is 10.1. The Kier molecular flexibility index (Phi) is 4.44. The summed E-state index contributed by atoms with van der Waals surface area (Å²) < 4.78 is 2.01. The van der Waals surface area contributed by atoms with Gasteiger partial charge in [-0.25, -0.2) is 0 Å². The van der Waals surface area contributed by atoms with Crippen LogP contribution in [0.15, 0.2) is 30.3 Å². The van der Waals surface area contributed by atoms with E-state index in [0.29, 0.717) is 18.7 Å². The number of benzene rings is 1. The third-order valence-corrected chi connectivity index (χ3v) is 3.57. The fraction of sp³-hybridized carbons (Fsp3) is 0.294. The van der Waals surface area contributed by atoms with Crippen molar-refractivity contribution >= 4 is 5.91 Å². The molecule has 0 bridgehead atoms. The van der Waals surface area contributed by atoms with Crippen LogP contribution in [0.1, 0.15) is 23.9 Å². The number of amides is 1. The second kappa shape index (κ2) is 6.27. The second-order valence-electron chi connectivity index (χ2n) is 5.01. The van der Waals surface area contributed by atoms with Crippen LogP contribution in [0.4, 0.5) is 0 Å². The van der Waals surface area contributed by atoms with Gasteiger partial charge in [0.2, 0.25) is 5.91 Å². The molecule has 0 unspecified atom stereocenters. The SMILES string of the molecule is CCNC(=O)Cn1c(C)cc(-c2ccc(C#N)cc2)c1C. The smallest absolute Gasteiger partial charge is 0.239 e. The summed E-state index contributed by atoms with van der Waals surface area (Å²) in [5, 5.41) is 11.7. The number of carbonyl (C=O) groups excluding carboxylic acids is 1. The van der Waals surface area contributed by atoms with Gasteiger partial charge in [0.1, 0.15) is 6.54 Å². The molecule has 1 aromatic carbocycles. The molecule has 1 aromatic heterocycles. The van der Waals surface area contributed by atoms with Gasteiger partial charge in [-0.15, -0.1) is 0 Å². The first-order valence-corrected chi connectivity index (χ1v) is 7.00. The largest absolute Gasteiger partial charge is 0.355 e. The number of carbonyl (C=O) groups is 1. The van der Waals surface area contributed by atoms with Crippen molar-refractivity contribution in [1.82, 2.24) is 9.88 Å². The van der Waals surface area contributed by atoms with E-state index in [-0.39, 0.29) is 5.91 Å². The first kappa shape index (κ1) is 14.9. The van der Waals surface area contributed by atoms with Crippen LogP contribution < -0.4 is 5.32 Å². The van der Waals surface area contributed by atoms with Gasteiger partial charge in [0.05, 0.1) is 11.6 Å². The first-order valence-electron chi connectivity index (χ1n) is 7.00. The third-order valence-electron chi connectivity index (χ3n) is 3.57. The average molecular weight is 281 g/mol. The van der Waals surface area contributed by atoms with Gasteiger partial charge in [0.25, 0.3) is 0 Å². The molecule has 4 heteroatoms. The lowest BCUT2D eigenvalue weighted by molar-refractivity contribution is -0.121. The topological polar surface area (TPSA) is 57.8 Å². The maximum Gasteiger partial charge on any atom is 0.239 e. The van der Waals surface area contributed by atoms with Gasteiger partial charge in [-0.3, -0.25) is 4.79 Å². The van der Waals surface area contributed by atoms with E-state index in [1.54, 1.807) is 0 Å². The Morgan fingerprint density at radius 3 is 2.52 bits per heavy atom. The van der Waals surface area contributed by atoms with Crippen molar-refractivity contribution < 1.29 is 4.79 Å². The van der Waals surface area contributed by atoms with E-state index in [1.165, 1.54) is 0 Å². The molecule has 0 saturated carbocycles. The molecule has 21 heavy (non-hydrogen) atoms. The van der Waals surface area contributed by atoms with Gasteiger partial charge < -0.3 is 9.88 Å². The molecule has 0 aliphatic heterocycles. The Balaban J connectivity index is 2.33. The molecule has 0 fully saturated rings. The zero-order valence-corrected chi connectivity index (χ0v) is 12.6. The van der Waals surface area contributed by atoms with E-state index < -0.39 is 0 Å². The lowest BCUT2D eigenvalue weighted by atomic mass is 10.0. The van der Waals surface area contributed by atoms with Crippen molar-refractivity contribution in [3.63, 3.8) is 0 Å². The van der Waals surface area contributed by atoms with E-state index >= 15 is 0 Å². The highest BCUT2D eigenvalue weighted by molar-refractivity contribution is 5.77. The summed E-state index contributed by atoms with van der Waals surface area (Å²) >= 11 is 0. The number of aromatic nitrogens is 1. The van der Waals surface area contributed by atoms with Gasteiger partial charge in [0.15, 0.2) is 0 Å². The second-order valence-corrected chi connectivity index (χ2v) is 5.01. The van der Waals surface area contributed by atoms with Crippen molar-refractivity contribution in [2.24, 2.45) is 0 Å². The standard InChI is InChI=1S/C17H19N3O/c1-4-19-17(21)11-20-12(2)9-16(13(20)3)15-7-5-14(10-18)6-8-15/h5-9H,4,11H2,1-3H3,(H,19,21). The van der Waals surface area contributed by atoms with E-state index in [4.69, 9.17) is 5.26 Å². The van der Waals surface area contributed by atoms with E-state index in [2.05, 4.69) is 17.5 Å². The molecule has 4 nitrogen and oxygen atoms in total. The van der Waals surface area contributed by atoms with Gasteiger partial charge >= 0.3 is 0 Å². The molecule has 2 aromatic rings. The number of nitrogens with zero attached hydrogens (tertiary/aromatic N) is 2. The minimum atomic E-state index is 0.0191. The average Bonchev–Trinajstić information content (AvgIpc) is 2.76. The van der Waals surface area contributed by atoms with Crippen LogP contribution in [0.3, 0.4) is 0 Å². The fourth-order valence-electron chi connectivity index (χ4n) is 2.46. The van der Waals surface area contributed by atoms with Crippen LogP contribution in [0.2, 0.25) is 0 Å². The van der Waals surface area contributed by atoms with Crippen molar-refractivity contribution in [1.29, 1.82) is 5.26 Å². The maximum atomic E-state index is 11.8. The van der Waals surface area contributed by atoms with Gasteiger partial charge in [-0.1, -0.05) is 12.1 Å². The maximum absolute atomic E-state index is 11.8. The predicted octanol–water partition coefficient (Wildman–Crippen LogP) is 2.78. The van der Waals surface area contributed by atoms with Crippen molar-refractivity contribution in [3.05, 3.63) is 47.3 Å². The van der Waals surface area contributed by atoms with Crippen molar-refractivity contribution in [2.45, 2.75) is 27.3 Å². The molecule has 0 aliphatic rings. The monoisotopic (exact) mass is 281 g/mol. The van der Waals surface area contributed by atoms with Crippen LogP contribution >= 0.6 is 0 Å². The van der Waals surface area contributed by atoms with Crippen LogP contribution in [0.5, 0.6) is 0 Å². The van der Waals surface area contributed by atoms with Crippen LogP contribution in [-0.2, 0) is 11.3 Å². The Morgan fingerprint density at radius 2 is 1.95 bits per heavy atom. The zero-order chi connectivity index (χ0) is 15.4. The summed E-state index contributed by atoms with van der Waals surface area (Å²) in [5.41, 5.74) is 4.92. The van der Waals surface area contributed by atoms with E-state index in [1.807, 2.05) is 49.6 Å². The molecular formula is C17H19N3O. The summed E-state index contributed by atoms with van der Waals surface area (Å²) in [6.07, 6.45) is 0. The fourth-order valence-corrected chi connectivity index (χ4v) is 2.46. The molecular weight excluding hydrogens is 262 g/mol. The Hall–Kier alpha value is -2.54. The summed E-state index contributed by atoms with van der Waals surface area (Å²) in [7, 11) is 0. The highest BCUT2D eigenvalue weighted by Gasteiger charge is 2.13. The zero-order valence-electron chi connectivity index (χ0n) is 12.6. The lowest BCUT2D eigenvalue weighted by Gasteiger charge is -2.09. The number of nitriles is 1. The molecule has 1 heterocycles. The molecule has 1 amide bonds. The molecule has 1 N–H and O–H groups in total. The Bertz CT molecular complexity index is 690. The Labute approximate surface area is 125 Å². The number of likely N-dealkylation sites (N-methyl/N-ethyl adjacent to an activating group) is 1. The quantitative estimate of drug-likeness (QED) is 0.936. The van der Waals surface area contributed by atoms with Crippen molar-refractivity contribution in [3.8, 4) is 17.2 Å². The van der Waals surface area contributed by atoms with Gasteiger partial charge in [-0.05, 0) is 44.5 Å². The molecule has 0 atom stereocenters. The van der Waals surface area contributed by atoms with E-state index in [9.17, 15) is 4.79 Å². The van der Waals surface area contributed by atoms with Crippen LogP contribution in [-0.4, -0.2) is 17.0 Å². The summed E-state index contributed by atoms with van der Waals surface area (Å²) in [4.78, 5) is 11.8. The highest BCUT2D eigenvalue weighted by Crippen LogP contribution is 2.27. The van der Waals surface area contributed by atoms with Crippen LogP contribution in [0, 0.1) is 25.2 Å². The number of nitrogens with one attached hydrogen (secondary N) is 1. The molecule has 0 radical (unpaired) electrons. The number of hydrogen-bond acceptors (Lipinski definition) is 2. The highest BCUT2D eigenvalue weighted by atomic mass is 16.1. The lowest BCUT2D eigenvalue weighted by Crippen LogP contribution is -2.27. The van der Waals surface area contributed by atoms with Gasteiger partial charge in [-0.2, -0.15) is 5.26 Å². The summed E-state index contributed by atoms with van der Waals surface area (Å²) in [6.45, 7) is 6.90.